The molecule has 0 aliphatic rings. The molecular formula is C20H38O4S. The molecule has 1 N–H and O–H groups in total. The summed E-state index contributed by atoms with van der Waals surface area (Å²) in [6.45, 7) is 14.2. The summed E-state index contributed by atoms with van der Waals surface area (Å²) in [7, 11) is 0. The number of thioether (sulfide) groups is 1. The fraction of sp³-hybridized carbons (Fsp3) is 0.900. The first kappa shape index (κ1) is 24.3. The van der Waals surface area contributed by atoms with Gasteiger partial charge < -0.3 is 9.84 Å². The van der Waals surface area contributed by atoms with Gasteiger partial charge in [-0.15, -0.1) is 11.8 Å². The Kier molecular flexibility index (Phi) is 10.8. The Morgan fingerprint density at radius 3 is 2.04 bits per heavy atom. The molecule has 0 aromatic heterocycles. The summed E-state index contributed by atoms with van der Waals surface area (Å²) in [5.41, 5.74) is -0.477. The molecule has 0 rings (SSSR count). The van der Waals surface area contributed by atoms with Gasteiger partial charge in [0.2, 0.25) is 0 Å². The van der Waals surface area contributed by atoms with Crippen LogP contribution in [0.15, 0.2) is 0 Å². The normalized spacial score (nSPS) is 15.7. The van der Waals surface area contributed by atoms with Crippen LogP contribution in [0.2, 0.25) is 0 Å². The lowest BCUT2D eigenvalue weighted by Crippen LogP contribution is -2.31. The number of hydrogen-bond donors (Lipinski definition) is 1. The van der Waals surface area contributed by atoms with Gasteiger partial charge in [0.25, 0.3) is 0 Å². The molecule has 0 aliphatic heterocycles. The van der Waals surface area contributed by atoms with Crippen LogP contribution in [0.25, 0.3) is 0 Å². The van der Waals surface area contributed by atoms with Crippen molar-refractivity contribution < 1.29 is 19.4 Å². The smallest absolute Gasteiger partial charge is 0.313 e. The third-order valence-electron chi connectivity index (χ3n) is 4.83. The van der Waals surface area contributed by atoms with Gasteiger partial charge in [0, 0.05) is 4.75 Å². The molecule has 0 aromatic carbocycles. The Bertz CT molecular complexity index is 412. The standard InChI is InChI=1S/C20H38O4S/c1-8-15(9-2)13-16(18(23)24-19(4,5)6)11-12-20(7,10-3)25-14-17(21)22/h15-16H,8-14H2,1-7H3,(H,21,22). The second kappa shape index (κ2) is 11.1. The summed E-state index contributed by atoms with van der Waals surface area (Å²) >= 11 is 1.48. The van der Waals surface area contributed by atoms with Crippen LogP contribution in [-0.4, -0.2) is 33.1 Å². The van der Waals surface area contributed by atoms with Gasteiger partial charge in [0.1, 0.15) is 5.60 Å². The molecule has 25 heavy (non-hydrogen) atoms. The van der Waals surface area contributed by atoms with Crippen LogP contribution < -0.4 is 0 Å². The number of carbonyl (C=O) groups is 2. The Morgan fingerprint density at radius 2 is 1.64 bits per heavy atom. The Balaban J connectivity index is 5.01. The molecule has 0 radical (unpaired) electrons. The fourth-order valence-corrected chi connectivity index (χ4v) is 3.75. The van der Waals surface area contributed by atoms with E-state index in [1.165, 1.54) is 11.8 Å². The second-order valence-corrected chi connectivity index (χ2v) is 9.74. The highest BCUT2D eigenvalue weighted by atomic mass is 32.2. The monoisotopic (exact) mass is 374 g/mol. The van der Waals surface area contributed by atoms with Crippen LogP contribution in [0, 0.1) is 11.8 Å². The van der Waals surface area contributed by atoms with Crippen molar-refractivity contribution in [3.05, 3.63) is 0 Å². The lowest BCUT2D eigenvalue weighted by molar-refractivity contribution is -0.161. The molecule has 0 heterocycles. The summed E-state index contributed by atoms with van der Waals surface area (Å²) in [6.07, 6.45) is 5.44. The molecular weight excluding hydrogens is 336 g/mol. The molecule has 0 bridgehead atoms. The van der Waals surface area contributed by atoms with Gasteiger partial charge in [-0.3, -0.25) is 9.59 Å². The van der Waals surface area contributed by atoms with Gasteiger partial charge >= 0.3 is 11.9 Å². The minimum absolute atomic E-state index is 0.105. The number of hydrogen-bond acceptors (Lipinski definition) is 4. The zero-order valence-corrected chi connectivity index (χ0v) is 18.0. The molecule has 0 spiro atoms. The van der Waals surface area contributed by atoms with Crippen molar-refractivity contribution in [1.82, 2.24) is 0 Å². The van der Waals surface area contributed by atoms with E-state index >= 15 is 0 Å². The number of carbonyl (C=O) groups excluding carboxylic acids is 1. The van der Waals surface area contributed by atoms with E-state index in [0.717, 1.165) is 38.5 Å². The molecule has 2 atom stereocenters. The predicted molar refractivity (Wildman–Crippen MR) is 106 cm³/mol. The molecule has 0 aromatic rings. The minimum atomic E-state index is -0.787. The quantitative estimate of drug-likeness (QED) is 0.455. The van der Waals surface area contributed by atoms with Crippen molar-refractivity contribution in [3.63, 3.8) is 0 Å². The van der Waals surface area contributed by atoms with Gasteiger partial charge in [0.05, 0.1) is 11.7 Å². The number of ether oxygens (including phenoxy) is 1. The first-order valence-electron chi connectivity index (χ1n) is 9.54. The molecule has 0 saturated heterocycles. The van der Waals surface area contributed by atoms with Crippen LogP contribution in [0.4, 0.5) is 0 Å². The van der Waals surface area contributed by atoms with E-state index in [2.05, 4.69) is 27.7 Å². The summed E-state index contributed by atoms with van der Waals surface area (Å²) in [4.78, 5) is 23.6. The largest absolute Gasteiger partial charge is 0.481 e. The van der Waals surface area contributed by atoms with E-state index in [-0.39, 0.29) is 22.4 Å². The molecule has 0 aliphatic carbocycles. The van der Waals surface area contributed by atoms with Gasteiger partial charge in [-0.05, 0) is 52.4 Å². The molecule has 148 valence electrons. The van der Waals surface area contributed by atoms with Crippen molar-refractivity contribution in [2.45, 2.75) is 97.3 Å². The third kappa shape index (κ3) is 10.8. The average Bonchev–Trinajstić information content (AvgIpc) is 2.51. The number of aliphatic carboxylic acids is 1. The van der Waals surface area contributed by atoms with Gasteiger partial charge in [-0.2, -0.15) is 0 Å². The zero-order valence-electron chi connectivity index (χ0n) is 17.2. The number of carboxylic acid groups (broad SMARTS) is 1. The summed E-state index contributed by atoms with van der Waals surface area (Å²) in [6, 6.07) is 0. The van der Waals surface area contributed by atoms with Crippen LogP contribution in [0.5, 0.6) is 0 Å². The van der Waals surface area contributed by atoms with E-state index in [1.54, 1.807) is 0 Å². The third-order valence-corrected chi connectivity index (χ3v) is 6.41. The zero-order chi connectivity index (χ0) is 19.7. The van der Waals surface area contributed by atoms with Crippen molar-refractivity contribution >= 4 is 23.7 Å². The molecule has 2 unspecified atom stereocenters. The Labute approximate surface area is 158 Å². The lowest BCUT2D eigenvalue weighted by Gasteiger charge is -2.31. The molecule has 0 fully saturated rings. The highest BCUT2D eigenvalue weighted by Crippen LogP contribution is 2.36. The predicted octanol–water partition coefficient (Wildman–Crippen LogP) is 5.54. The molecule has 0 amide bonds. The maximum absolute atomic E-state index is 12.7. The highest BCUT2D eigenvalue weighted by Gasteiger charge is 2.31. The van der Waals surface area contributed by atoms with E-state index < -0.39 is 11.6 Å². The van der Waals surface area contributed by atoms with Crippen LogP contribution >= 0.6 is 11.8 Å². The highest BCUT2D eigenvalue weighted by molar-refractivity contribution is 8.01. The first-order valence-corrected chi connectivity index (χ1v) is 10.5. The van der Waals surface area contributed by atoms with E-state index in [4.69, 9.17) is 9.84 Å². The van der Waals surface area contributed by atoms with Crippen molar-refractivity contribution in [2.24, 2.45) is 11.8 Å². The summed E-state index contributed by atoms with van der Waals surface area (Å²) < 4.78 is 5.53. The molecule has 5 heteroatoms. The second-order valence-electron chi connectivity index (χ2n) is 8.17. The van der Waals surface area contributed by atoms with Crippen LogP contribution in [0.1, 0.15) is 87.0 Å². The van der Waals surface area contributed by atoms with Crippen molar-refractivity contribution in [1.29, 1.82) is 0 Å². The number of rotatable bonds is 12. The maximum Gasteiger partial charge on any atom is 0.313 e. The Hall–Kier alpha value is -0.710. The summed E-state index contributed by atoms with van der Waals surface area (Å²) in [5.74, 6) is -0.377. The SMILES string of the molecule is CCC(CC)CC(CCC(C)(CC)SCC(=O)O)C(=O)OC(C)(C)C. The van der Waals surface area contributed by atoms with E-state index in [9.17, 15) is 9.59 Å². The summed E-state index contributed by atoms with van der Waals surface area (Å²) in [5, 5.41) is 8.95. The van der Waals surface area contributed by atoms with Gasteiger partial charge in [-0.25, -0.2) is 0 Å². The Morgan fingerprint density at radius 1 is 1.08 bits per heavy atom. The number of esters is 1. The van der Waals surface area contributed by atoms with E-state index in [1.807, 2.05) is 20.8 Å². The fourth-order valence-electron chi connectivity index (χ4n) is 2.81. The first-order chi connectivity index (χ1) is 11.5. The average molecular weight is 375 g/mol. The van der Waals surface area contributed by atoms with E-state index in [0.29, 0.717) is 5.92 Å². The topological polar surface area (TPSA) is 63.6 Å². The number of carboxylic acids is 1. The maximum atomic E-state index is 12.7. The van der Waals surface area contributed by atoms with Gasteiger partial charge in [0.15, 0.2) is 0 Å². The van der Waals surface area contributed by atoms with Crippen molar-refractivity contribution in [3.8, 4) is 0 Å². The molecule has 4 nitrogen and oxygen atoms in total. The van der Waals surface area contributed by atoms with Crippen LogP contribution in [0.3, 0.4) is 0 Å². The van der Waals surface area contributed by atoms with Crippen molar-refractivity contribution in [2.75, 3.05) is 5.75 Å². The lowest BCUT2D eigenvalue weighted by atomic mass is 9.85. The van der Waals surface area contributed by atoms with Gasteiger partial charge in [-0.1, -0.05) is 40.5 Å². The minimum Gasteiger partial charge on any atom is -0.481 e. The molecule has 0 saturated carbocycles. The van der Waals surface area contributed by atoms with Crippen LogP contribution in [-0.2, 0) is 14.3 Å².